The van der Waals surface area contributed by atoms with Crippen molar-refractivity contribution in [3.63, 3.8) is 0 Å². The molecule has 20 heavy (non-hydrogen) atoms. The molecular formula is C15H15N3O2. The monoisotopic (exact) mass is 269 g/mol. The fourth-order valence-electron chi connectivity index (χ4n) is 2.19. The molecule has 0 saturated heterocycles. The topological polar surface area (TPSA) is 50.8 Å². The van der Waals surface area contributed by atoms with Gasteiger partial charge >= 0.3 is 0 Å². The number of hydrogen-bond acceptors (Lipinski definition) is 4. The Labute approximate surface area is 116 Å². The Morgan fingerprint density at radius 2 is 2.15 bits per heavy atom. The molecule has 0 bridgehead atoms. The lowest BCUT2D eigenvalue weighted by Crippen LogP contribution is -2.21. The molecule has 3 aromatic rings. The van der Waals surface area contributed by atoms with Crippen LogP contribution in [-0.4, -0.2) is 21.3 Å². The highest BCUT2D eigenvalue weighted by molar-refractivity contribution is 5.37. The summed E-state index contributed by atoms with van der Waals surface area (Å²) in [7, 11) is 1.97. The van der Waals surface area contributed by atoms with Crippen LogP contribution in [0.2, 0.25) is 0 Å². The van der Waals surface area contributed by atoms with E-state index in [2.05, 4.69) is 9.88 Å². The molecule has 0 unspecified atom stereocenters. The SMILES string of the molecule is CN(Cc1cc(=O)n2ccccc2n1)Cc1ccco1. The number of rotatable bonds is 4. The Morgan fingerprint density at radius 1 is 1.25 bits per heavy atom. The zero-order valence-corrected chi connectivity index (χ0v) is 11.2. The van der Waals surface area contributed by atoms with Gasteiger partial charge in [-0.15, -0.1) is 0 Å². The van der Waals surface area contributed by atoms with E-state index in [0.717, 1.165) is 11.5 Å². The van der Waals surface area contributed by atoms with Gasteiger partial charge in [-0.2, -0.15) is 0 Å². The highest BCUT2D eigenvalue weighted by Gasteiger charge is 2.07. The van der Waals surface area contributed by atoms with Crippen LogP contribution >= 0.6 is 0 Å². The first-order valence-electron chi connectivity index (χ1n) is 6.40. The van der Waals surface area contributed by atoms with Crippen LogP contribution in [0.25, 0.3) is 5.65 Å². The molecule has 5 heteroatoms. The van der Waals surface area contributed by atoms with Crippen molar-refractivity contribution in [2.45, 2.75) is 13.1 Å². The van der Waals surface area contributed by atoms with Crippen LogP contribution in [0.5, 0.6) is 0 Å². The van der Waals surface area contributed by atoms with Crippen molar-refractivity contribution in [1.29, 1.82) is 0 Å². The maximum Gasteiger partial charge on any atom is 0.258 e. The van der Waals surface area contributed by atoms with Crippen LogP contribution < -0.4 is 5.56 Å². The van der Waals surface area contributed by atoms with Crippen LogP contribution in [0.15, 0.2) is 58.1 Å². The Kier molecular flexibility index (Phi) is 3.35. The van der Waals surface area contributed by atoms with Gasteiger partial charge in [0.2, 0.25) is 0 Å². The molecule has 0 fully saturated rings. The first-order chi connectivity index (χ1) is 9.72. The van der Waals surface area contributed by atoms with Crippen LogP contribution in [0.4, 0.5) is 0 Å². The molecule has 0 aliphatic carbocycles. The van der Waals surface area contributed by atoms with Gasteiger partial charge in [0.25, 0.3) is 5.56 Å². The predicted octanol–water partition coefficient (Wildman–Crippen LogP) is 1.92. The molecule has 3 aromatic heterocycles. The molecule has 0 aliphatic rings. The van der Waals surface area contributed by atoms with Crippen molar-refractivity contribution >= 4 is 5.65 Å². The van der Waals surface area contributed by atoms with Gasteiger partial charge in [0, 0.05) is 18.8 Å². The van der Waals surface area contributed by atoms with E-state index in [1.54, 1.807) is 18.5 Å². The van der Waals surface area contributed by atoms with E-state index in [1.165, 1.54) is 4.40 Å². The van der Waals surface area contributed by atoms with Crippen LogP contribution in [0.3, 0.4) is 0 Å². The summed E-state index contributed by atoms with van der Waals surface area (Å²) in [6.07, 6.45) is 3.38. The van der Waals surface area contributed by atoms with E-state index < -0.39 is 0 Å². The third-order valence-corrected chi connectivity index (χ3v) is 3.06. The Hall–Kier alpha value is -2.40. The molecule has 0 amide bonds. The lowest BCUT2D eigenvalue weighted by molar-refractivity contribution is 0.285. The molecule has 0 aromatic carbocycles. The van der Waals surface area contributed by atoms with Gasteiger partial charge in [-0.1, -0.05) is 6.07 Å². The smallest absolute Gasteiger partial charge is 0.258 e. The molecule has 0 aliphatic heterocycles. The van der Waals surface area contributed by atoms with Gasteiger partial charge in [0.15, 0.2) is 0 Å². The summed E-state index contributed by atoms with van der Waals surface area (Å²) in [5.74, 6) is 0.894. The number of furan rings is 1. The number of hydrogen-bond donors (Lipinski definition) is 0. The second-order valence-corrected chi connectivity index (χ2v) is 4.77. The third kappa shape index (κ3) is 2.62. The van der Waals surface area contributed by atoms with Crippen molar-refractivity contribution in [2.75, 3.05) is 7.05 Å². The third-order valence-electron chi connectivity index (χ3n) is 3.06. The van der Waals surface area contributed by atoms with E-state index in [1.807, 2.05) is 37.4 Å². The summed E-state index contributed by atoms with van der Waals surface area (Å²) in [6.45, 7) is 1.28. The maximum atomic E-state index is 12.0. The van der Waals surface area contributed by atoms with Crippen molar-refractivity contribution in [2.24, 2.45) is 0 Å². The lowest BCUT2D eigenvalue weighted by Gasteiger charge is -2.14. The second kappa shape index (κ2) is 5.30. The number of pyridine rings is 1. The van der Waals surface area contributed by atoms with Gasteiger partial charge in [0.05, 0.1) is 18.5 Å². The summed E-state index contributed by atoms with van der Waals surface area (Å²) >= 11 is 0. The van der Waals surface area contributed by atoms with Gasteiger partial charge in [0.1, 0.15) is 11.4 Å². The van der Waals surface area contributed by atoms with Crippen molar-refractivity contribution in [3.8, 4) is 0 Å². The quantitative estimate of drug-likeness (QED) is 0.726. The van der Waals surface area contributed by atoms with Crippen molar-refractivity contribution in [3.05, 3.63) is 70.7 Å². The van der Waals surface area contributed by atoms with E-state index in [9.17, 15) is 4.79 Å². The average Bonchev–Trinajstić information content (AvgIpc) is 2.91. The van der Waals surface area contributed by atoms with E-state index in [-0.39, 0.29) is 5.56 Å². The highest BCUT2D eigenvalue weighted by Crippen LogP contribution is 2.07. The highest BCUT2D eigenvalue weighted by atomic mass is 16.3. The molecule has 102 valence electrons. The minimum Gasteiger partial charge on any atom is -0.468 e. The van der Waals surface area contributed by atoms with Gasteiger partial charge in [-0.3, -0.25) is 14.1 Å². The lowest BCUT2D eigenvalue weighted by atomic mass is 10.3. The second-order valence-electron chi connectivity index (χ2n) is 4.77. The fraction of sp³-hybridized carbons (Fsp3) is 0.200. The molecule has 3 heterocycles. The molecule has 0 atom stereocenters. The van der Waals surface area contributed by atoms with Crippen LogP contribution in [-0.2, 0) is 13.1 Å². The van der Waals surface area contributed by atoms with Gasteiger partial charge in [-0.05, 0) is 31.3 Å². The average molecular weight is 269 g/mol. The Balaban J connectivity index is 1.82. The Morgan fingerprint density at radius 3 is 2.95 bits per heavy atom. The molecule has 3 rings (SSSR count). The van der Waals surface area contributed by atoms with E-state index in [0.29, 0.717) is 18.7 Å². The zero-order valence-electron chi connectivity index (χ0n) is 11.2. The summed E-state index contributed by atoms with van der Waals surface area (Å²) in [6, 6.07) is 10.9. The first-order valence-corrected chi connectivity index (χ1v) is 6.40. The first kappa shape index (κ1) is 12.6. The van der Waals surface area contributed by atoms with Crippen LogP contribution in [0, 0.1) is 0 Å². The molecule has 0 radical (unpaired) electrons. The standard InChI is InChI=1S/C15H15N3O2/c1-17(11-13-5-4-8-20-13)10-12-9-15(19)18-7-3-2-6-14(18)16-12/h2-9H,10-11H2,1H3. The normalized spacial score (nSPS) is 11.3. The van der Waals surface area contributed by atoms with Gasteiger partial charge < -0.3 is 4.42 Å². The number of fused-ring (bicyclic) bond motifs is 1. The zero-order chi connectivity index (χ0) is 13.9. The fourth-order valence-corrected chi connectivity index (χ4v) is 2.19. The molecular weight excluding hydrogens is 254 g/mol. The summed E-state index contributed by atoms with van der Waals surface area (Å²) in [5.41, 5.74) is 1.37. The van der Waals surface area contributed by atoms with E-state index in [4.69, 9.17) is 4.42 Å². The summed E-state index contributed by atoms with van der Waals surface area (Å²) < 4.78 is 6.85. The maximum absolute atomic E-state index is 12.0. The number of nitrogens with zero attached hydrogens (tertiary/aromatic N) is 3. The molecule has 0 saturated carbocycles. The molecule has 0 N–H and O–H groups in total. The molecule has 0 spiro atoms. The van der Waals surface area contributed by atoms with E-state index >= 15 is 0 Å². The summed E-state index contributed by atoms with van der Waals surface area (Å²) in [4.78, 5) is 18.5. The minimum absolute atomic E-state index is 0.0583. The largest absolute Gasteiger partial charge is 0.468 e. The van der Waals surface area contributed by atoms with Gasteiger partial charge in [-0.25, -0.2) is 4.98 Å². The summed E-state index contributed by atoms with van der Waals surface area (Å²) in [5, 5.41) is 0. The predicted molar refractivity (Wildman–Crippen MR) is 75.3 cm³/mol. The van der Waals surface area contributed by atoms with Crippen molar-refractivity contribution < 1.29 is 4.42 Å². The molecule has 5 nitrogen and oxygen atoms in total. The minimum atomic E-state index is -0.0583. The number of aromatic nitrogens is 2. The van der Waals surface area contributed by atoms with Crippen LogP contribution in [0.1, 0.15) is 11.5 Å². The Bertz CT molecular complexity index is 762. The van der Waals surface area contributed by atoms with Crippen molar-refractivity contribution in [1.82, 2.24) is 14.3 Å².